The number of alkyl carbamates (subject to hydrolysis) is 1. The number of hydrogen-bond acceptors (Lipinski definition) is 3. The van der Waals surface area contributed by atoms with Gasteiger partial charge in [0.1, 0.15) is 6.56 Å². The van der Waals surface area contributed by atoms with Crippen LogP contribution in [0.1, 0.15) is 20.7 Å². The minimum atomic E-state index is -2.70. The second-order valence-corrected chi connectivity index (χ2v) is 4.93. The van der Waals surface area contributed by atoms with Crippen LogP contribution in [0, 0.1) is 0 Å². The van der Waals surface area contributed by atoms with Crippen LogP contribution in [0.25, 0.3) is 10.9 Å². The number of rotatable bonds is 5. The van der Waals surface area contributed by atoms with Crippen molar-refractivity contribution in [2.75, 3.05) is 27.1 Å². The molecule has 0 saturated carbocycles. The summed E-state index contributed by atoms with van der Waals surface area (Å²) in [4.78, 5) is 13.7. The number of nitrogens with zero attached hydrogens (tertiary/aromatic N) is 1. The molecule has 1 aliphatic rings. The monoisotopic (exact) mass is 296 g/mol. The summed E-state index contributed by atoms with van der Waals surface area (Å²) in [6, 6.07) is 2.34. The molecule has 0 unspecified atom stereocenters. The highest BCUT2D eigenvalue weighted by molar-refractivity contribution is 5.84. The molecule has 112 valence electrons. The number of hydrogen-bond donors (Lipinski definition) is 2. The van der Waals surface area contributed by atoms with Crippen LogP contribution in [0.2, 0.25) is 2.82 Å². The van der Waals surface area contributed by atoms with Gasteiger partial charge in [-0.2, -0.15) is 0 Å². The van der Waals surface area contributed by atoms with Gasteiger partial charge in [-0.1, -0.05) is 6.07 Å². The van der Waals surface area contributed by atoms with Gasteiger partial charge in [0.25, 0.3) is 0 Å². The Morgan fingerprint density at radius 1 is 1.71 bits per heavy atom. The lowest BCUT2D eigenvalue weighted by Crippen LogP contribution is -2.28. The molecule has 0 bridgehead atoms. The molecule has 0 aliphatic carbocycles. The number of benzene rings is 1. The molecule has 1 atom stereocenters. The van der Waals surface area contributed by atoms with Crippen LogP contribution in [0.15, 0.2) is 24.4 Å². The minimum absolute atomic E-state index is 0.0986. The van der Waals surface area contributed by atoms with Crippen molar-refractivity contribution in [2.24, 2.45) is 0 Å². The van der Waals surface area contributed by atoms with Crippen molar-refractivity contribution in [3.8, 4) is 0 Å². The van der Waals surface area contributed by atoms with Crippen LogP contribution in [0.5, 0.6) is 0 Å². The molecule has 5 heteroatoms. The quantitative estimate of drug-likeness (QED) is 0.886. The van der Waals surface area contributed by atoms with E-state index >= 15 is 0 Å². The number of aromatic amines is 1. The van der Waals surface area contributed by atoms with E-state index in [1.54, 1.807) is 6.07 Å². The van der Waals surface area contributed by atoms with E-state index < -0.39 is 25.6 Å². The van der Waals surface area contributed by atoms with Crippen LogP contribution in [-0.4, -0.2) is 49.1 Å². The Morgan fingerprint density at radius 3 is 3.38 bits per heavy atom. The van der Waals surface area contributed by atoms with E-state index in [0.29, 0.717) is 22.0 Å². The van der Waals surface area contributed by atoms with Crippen molar-refractivity contribution in [3.63, 3.8) is 0 Å². The minimum Gasteiger partial charge on any atom is -0.447 e. The molecular weight excluding hydrogens is 266 g/mol. The number of carbonyl (C=O) groups excluding carboxylic acids is 1. The van der Waals surface area contributed by atoms with Crippen molar-refractivity contribution in [1.82, 2.24) is 15.2 Å². The molecule has 1 amide bonds. The van der Waals surface area contributed by atoms with E-state index in [-0.39, 0.29) is 30.9 Å². The summed E-state index contributed by atoms with van der Waals surface area (Å²) in [5.74, 6) is 0. The average molecular weight is 296 g/mol. The van der Waals surface area contributed by atoms with Gasteiger partial charge in [-0.15, -0.1) is 0 Å². The molecule has 2 N–H and O–H groups in total. The summed E-state index contributed by atoms with van der Waals surface area (Å²) < 4.78 is 74.8. The Labute approximate surface area is 137 Å². The zero-order valence-corrected chi connectivity index (χ0v) is 11.5. The zero-order valence-electron chi connectivity index (χ0n) is 20.5. The third-order valence-corrected chi connectivity index (χ3v) is 3.25. The highest BCUT2D eigenvalue weighted by Gasteiger charge is 2.22. The molecule has 1 aromatic heterocycles. The lowest BCUT2D eigenvalue weighted by Gasteiger charge is -2.09. The molecule has 0 radical (unpaired) electrons. The zero-order chi connectivity index (χ0) is 22.6. The van der Waals surface area contributed by atoms with Crippen LogP contribution in [0.3, 0.4) is 0 Å². The molecule has 0 spiro atoms. The van der Waals surface area contributed by atoms with Crippen LogP contribution >= 0.6 is 0 Å². The molecule has 21 heavy (non-hydrogen) atoms. The molecule has 1 aromatic carbocycles. The SMILES string of the molecule is [2H]c1c(CCN(C)C([2H])([2H])[2H])c2cc(C[C@]3([2H])N([2H])C(=O)OC3([2H])[2H])ccc2n1[2H]. The van der Waals surface area contributed by atoms with Crippen molar-refractivity contribution in [2.45, 2.75) is 18.9 Å². The molecule has 2 aromatic rings. The van der Waals surface area contributed by atoms with E-state index in [1.165, 1.54) is 19.2 Å². The third-order valence-electron chi connectivity index (χ3n) is 3.25. The highest BCUT2D eigenvalue weighted by Crippen LogP contribution is 2.21. The highest BCUT2D eigenvalue weighted by atomic mass is 16.6. The molecular formula is C16H21N3O2. The largest absolute Gasteiger partial charge is 0.447 e. The number of cyclic esters (lactones) is 1. The van der Waals surface area contributed by atoms with Gasteiger partial charge in [0.15, 0.2) is 2.82 Å². The Bertz CT molecular complexity index is 990. The molecule has 1 fully saturated rings. The summed E-state index contributed by atoms with van der Waals surface area (Å²) in [5, 5.41) is 0.659. The Kier molecular flexibility index (Phi) is 1.88. The first kappa shape index (κ1) is 6.83. The number of likely N-dealkylation sites (N-methyl/N-ethyl adjacent to an activating group) is 1. The van der Waals surface area contributed by atoms with E-state index in [1.807, 2.05) is 0 Å². The maximum absolute atomic E-state index is 11.6. The van der Waals surface area contributed by atoms with Crippen LogP contribution < -0.4 is 5.31 Å². The standard InChI is InChI=1S/C16H21N3O2/c1-19(2)6-5-12-9-17-15-4-3-11(8-14(12)15)7-13-10-21-16(20)18-13/h3-4,8-9,13,17H,5-7,10H2,1-2H3,(H,18,20)/t13-/m0/s1/i1D3,9D,10D2,13D/hD2. The summed E-state index contributed by atoms with van der Waals surface area (Å²) in [6.07, 6.45) is -1.51. The van der Waals surface area contributed by atoms with Crippen molar-refractivity contribution in [3.05, 3.63) is 35.5 Å². The first-order valence-corrected chi connectivity index (χ1v) is 6.54. The predicted octanol–water partition coefficient (Wildman–Crippen LogP) is 1.92. The van der Waals surface area contributed by atoms with Gasteiger partial charge >= 0.3 is 6.09 Å². The van der Waals surface area contributed by atoms with Gasteiger partial charge in [-0.25, -0.2) is 4.79 Å². The topological polar surface area (TPSA) is 57.4 Å². The number of H-pyrrole nitrogens is 1. The lowest BCUT2D eigenvalue weighted by atomic mass is 10.0. The number of fused-ring (bicyclic) bond motifs is 1. The number of amides is 1. The van der Waals surface area contributed by atoms with Crippen molar-refractivity contribution < 1.29 is 22.0 Å². The normalized spacial score (nSPS) is 31.4. The summed E-state index contributed by atoms with van der Waals surface area (Å²) in [6.45, 7) is -4.87. The van der Waals surface area contributed by atoms with Gasteiger partial charge in [0, 0.05) is 27.7 Å². The number of ether oxygens (including phenoxy) is 1. The summed E-state index contributed by atoms with van der Waals surface area (Å²) in [5.41, 5.74) is 1.26. The third kappa shape index (κ3) is 3.19. The smallest absolute Gasteiger partial charge is 0.407 e. The Hall–Kier alpha value is -2.01. The van der Waals surface area contributed by atoms with Gasteiger partial charge in [-0.3, -0.25) is 0 Å². The van der Waals surface area contributed by atoms with E-state index in [4.69, 9.17) is 12.4 Å². The van der Waals surface area contributed by atoms with E-state index in [0.717, 1.165) is 9.88 Å². The van der Waals surface area contributed by atoms with Gasteiger partial charge in [0.05, 0.1) is 11.5 Å². The lowest BCUT2D eigenvalue weighted by molar-refractivity contribution is 0.177. The fourth-order valence-corrected chi connectivity index (χ4v) is 2.22. The Morgan fingerprint density at radius 2 is 2.62 bits per heavy atom. The molecule has 3 rings (SSSR count). The van der Waals surface area contributed by atoms with Gasteiger partial charge in [-0.05, 0) is 50.1 Å². The molecule has 2 heterocycles. The fraction of sp³-hybridized carbons (Fsp3) is 0.438. The van der Waals surface area contributed by atoms with E-state index in [2.05, 4.69) is 4.74 Å². The Balaban J connectivity index is 1.97. The maximum Gasteiger partial charge on any atom is 0.407 e. The molecule has 1 saturated heterocycles. The maximum atomic E-state index is 11.6. The van der Waals surface area contributed by atoms with Crippen LogP contribution in [0.4, 0.5) is 4.79 Å². The van der Waals surface area contributed by atoms with Crippen molar-refractivity contribution in [1.29, 1.82) is 0 Å². The fourth-order valence-electron chi connectivity index (χ4n) is 2.22. The van der Waals surface area contributed by atoms with Gasteiger partial charge < -0.3 is 19.9 Å². The summed E-state index contributed by atoms with van der Waals surface area (Å²) >= 11 is 0. The average Bonchev–Trinajstić information content (AvgIpc) is 2.95. The summed E-state index contributed by atoms with van der Waals surface area (Å²) in [7, 11) is 1.44. The number of aromatic nitrogens is 1. The number of carbonyl (C=O) groups is 1. The second-order valence-electron chi connectivity index (χ2n) is 4.93. The number of nitrogens with one attached hydrogen (secondary N) is 2. The second kappa shape index (κ2) is 5.77. The molecule has 1 aliphatic heterocycles. The first-order valence-electron chi connectivity index (χ1n) is 10.9. The van der Waals surface area contributed by atoms with E-state index in [9.17, 15) is 4.79 Å². The van der Waals surface area contributed by atoms with Gasteiger partial charge in [0.2, 0.25) is 0 Å². The first-order chi connectivity index (χ1) is 13.7. The van der Waals surface area contributed by atoms with Crippen molar-refractivity contribution >= 4 is 17.0 Å². The van der Waals surface area contributed by atoms with Crippen LogP contribution in [-0.2, 0) is 17.6 Å². The molecule has 5 nitrogen and oxygen atoms in total. The predicted molar refractivity (Wildman–Crippen MR) is 82.5 cm³/mol.